The van der Waals surface area contributed by atoms with Crippen molar-refractivity contribution in [3.8, 4) is 0 Å². The van der Waals surface area contributed by atoms with Gasteiger partial charge < -0.3 is 4.90 Å². The molecule has 5 rings (SSSR count). The minimum absolute atomic E-state index is 0.00179. The molecule has 0 spiro atoms. The van der Waals surface area contributed by atoms with Crippen molar-refractivity contribution in [3.05, 3.63) is 108 Å². The maximum absolute atomic E-state index is 13.3. The fraction of sp³-hybridized carbons (Fsp3) is 0.267. The van der Waals surface area contributed by atoms with E-state index in [1.54, 1.807) is 60.8 Å². The van der Waals surface area contributed by atoms with Crippen molar-refractivity contribution in [1.29, 1.82) is 0 Å². The monoisotopic (exact) mass is 531 g/mol. The number of para-hydroxylation sites is 1. The molecule has 0 N–H and O–H groups in total. The summed E-state index contributed by atoms with van der Waals surface area (Å²) in [6.07, 6.45) is 1.59. The van der Waals surface area contributed by atoms with Gasteiger partial charge in [-0.3, -0.25) is 14.7 Å². The van der Waals surface area contributed by atoms with Gasteiger partial charge in [0.05, 0.1) is 16.2 Å². The Morgan fingerprint density at radius 3 is 2.42 bits per heavy atom. The quantitative estimate of drug-likeness (QED) is 0.340. The second kappa shape index (κ2) is 10.6. The SMILES string of the molecule is CC(c1ccc(F)cc1)N1CCN(C(=O)c2ccc(CS(=O)(=O)c3cccc4cccnc34)cc2)[C@@H](C)C1. The average molecular weight is 532 g/mol. The number of hydrogen-bond acceptors (Lipinski definition) is 5. The molecule has 1 fully saturated rings. The van der Waals surface area contributed by atoms with Crippen LogP contribution in [0.5, 0.6) is 0 Å². The highest BCUT2D eigenvalue weighted by molar-refractivity contribution is 7.90. The van der Waals surface area contributed by atoms with E-state index in [-0.39, 0.29) is 34.5 Å². The lowest BCUT2D eigenvalue weighted by Gasteiger charge is -2.42. The summed E-state index contributed by atoms with van der Waals surface area (Å²) in [5, 5.41) is 0.774. The summed E-state index contributed by atoms with van der Waals surface area (Å²) in [5.41, 5.74) is 2.65. The van der Waals surface area contributed by atoms with Crippen molar-refractivity contribution in [2.24, 2.45) is 0 Å². The van der Waals surface area contributed by atoms with Crippen LogP contribution in [0.1, 0.15) is 41.4 Å². The molecule has 1 unspecified atom stereocenters. The van der Waals surface area contributed by atoms with Crippen LogP contribution in [0.4, 0.5) is 4.39 Å². The molecule has 1 aliphatic rings. The van der Waals surface area contributed by atoms with Gasteiger partial charge in [-0.2, -0.15) is 0 Å². The number of nitrogens with zero attached hydrogens (tertiary/aromatic N) is 3. The number of benzene rings is 3. The molecule has 3 aromatic carbocycles. The van der Waals surface area contributed by atoms with Crippen LogP contribution >= 0.6 is 0 Å². The maximum Gasteiger partial charge on any atom is 0.254 e. The van der Waals surface area contributed by atoms with Gasteiger partial charge in [-0.25, -0.2) is 12.8 Å². The zero-order chi connectivity index (χ0) is 26.9. The summed E-state index contributed by atoms with van der Waals surface area (Å²) in [5.74, 6) is -0.494. The Kier molecular flexibility index (Phi) is 7.27. The number of amides is 1. The van der Waals surface area contributed by atoms with Crippen molar-refractivity contribution in [1.82, 2.24) is 14.8 Å². The molecular formula is C30H30FN3O3S. The maximum atomic E-state index is 13.3. The van der Waals surface area contributed by atoms with Gasteiger partial charge in [0, 0.05) is 48.9 Å². The molecule has 196 valence electrons. The Labute approximate surface area is 222 Å². The summed E-state index contributed by atoms with van der Waals surface area (Å²) in [4.78, 5) is 21.9. The second-order valence-electron chi connectivity index (χ2n) is 9.86. The van der Waals surface area contributed by atoms with Crippen LogP contribution < -0.4 is 0 Å². The van der Waals surface area contributed by atoms with Crippen molar-refractivity contribution < 1.29 is 17.6 Å². The molecule has 4 aromatic rings. The predicted molar refractivity (Wildman–Crippen MR) is 146 cm³/mol. The number of carbonyl (C=O) groups excluding carboxylic acids is 1. The first-order chi connectivity index (χ1) is 18.2. The Balaban J connectivity index is 1.25. The van der Waals surface area contributed by atoms with Crippen LogP contribution in [0, 0.1) is 5.82 Å². The van der Waals surface area contributed by atoms with Gasteiger partial charge in [-0.05, 0) is 61.4 Å². The van der Waals surface area contributed by atoms with Crippen molar-refractivity contribution >= 4 is 26.6 Å². The van der Waals surface area contributed by atoms with E-state index in [4.69, 9.17) is 0 Å². The largest absolute Gasteiger partial charge is 0.333 e. The van der Waals surface area contributed by atoms with Crippen LogP contribution in [0.2, 0.25) is 0 Å². The molecule has 0 radical (unpaired) electrons. The van der Waals surface area contributed by atoms with Crippen molar-refractivity contribution in [2.75, 3.05) is 19.6 Å². The van der Waals surface area contributed by atoms with Crippen LogP contribution in [-0.4, -0.2) is 54.8 Å². The lowest BCUT2D eigenvalue weighted by atomic mass is 10.0. The Bertz CT molecular complexity index is 1550. The Morgan fingerprint density at radius 2 is 1.71 bits per heavy atom. The molecule has 2 atom stereocenters. The number of carbonyl (C=O) groups is 1. The van der Waals surface area contributed by atoms with E-state index in [1.165, 1.54) is 12.1 Å². The van der Waals surface area contributed by atoms with E-state index < -0.39 is 9.84 Å². The van der Waals surface area contributed by atoms with E-state index in [2.05, 4.69) is 16.8 Å². The molecule has 2 heterocycles. The fourth-order valence-corrected chi connectivity index (χ4v) is 6.66. The summed E-state index contributed by atoms with van der Waals surface area (Å²) in [6, 6.07) is 22.3. The Hall–Kier alpha value is -3.62. The molecule has 8 heteroatoms. The number of piperazine rings is 1. The number of fused-ring (bicyclic) bond motifs is 1. The smallest absolute Gasteiger partial charge is 0.254 e. The van der Waals surface area contributed by atoms with E-state index in [1.807, 2.05) is 24.0 Å². The highest BCUT2D eigenvalue weighted by Gasteiger charge is 2.30. The highest BCUT2D eigenvalue weighted by atomic mass is 32.2. The third kappa shape index (κ3) is 5.33. The second-order valence-corrected chi connectivity index (χ2v) is 11.8. The lowest BCUT2D eigenvalue weighted by Crippen LogP contribution is -2.54. The van der Waals surface area contributed by atoms with Crippen molar-refractivity contribution in [2.45, 2.75) is 36.6 Å². The van der Waals surface area contributed by atoms with Gasteiger partial charge in [0.15, 0.2) is 9.84 Å². The van der Waals surface area contributed by atoms with Crippen LogP contribution in [-0.2, 0) is 15.6 Å². The molecule has 38 heavy (non-hydrogen) atoms. The van der Waals surface area contributed by atoms with Crippen LogP contribution in [0.3, 0.4) is 0 Å². The summed E-state index contributed by atoms with van der Waals surface area (Å²) >= 11 is 0. The van der Waals surface area contributed by atoms with Gasteiger partial charge in [0.2, 0.25) is 0 Å². The number of halogens is 1. The molecule has 1 saturated heterocycles. The first-order valence-corrected chi connectivity index (χ1v) is 14.3. The molecule has 6 nitrogen and oxygen atoms in total. The Morgan fingerprint density at radius 1 is 1.00 bits per heavy atom. The van der Waals surface area contributed by atoms with Gasteiger partial charge in [0.25, 0.3) is 5.91 Å². The van der Waals surface area contributed by atoms with E-state index in [0.717, 1.165) is 10.9 Å². The van der Waals surface area contributed by atoms with Gasteiger partial charge in [-0.1, -0.05) is 42.5 Å². The van der Waals surface area contributed by atoms with Crippen LogP contribution in [0.15, 0.2) is 90.0 Å². The van der Waals surface area contributed by atoms with E-state index >= 15 is 0 Å². The van der Waals surface area contributed by atoms with Gasteiger partial charge in [0.1, 0.15) is 5.82 Å². The molecule has 1 amide bonds. The van der Waals surface area contributed by atoms with E-state index in [9.17, 15) is 17.6 Å². The minimum atomic E-state index is -3.63. The lowest BCUT2D eigenvalue weighted by molar-refractivity contribution is 0.0406. The molecule has 0 saturated carbocycles. The summed E-state index contributed by atoms with van der Waals surface area (Å²) < 4.78 is 39.7. The average Bonchev–Trinajstić information content (AvgIpc) is 2.92. The van der Waals surface area contributed by atoms with Crippen LogP contribution in [0.25, 0.3) is 10.9 Å². The number of rotatable bonds is 6. The fourth-order valence-electron chi connectivity index (χ4n) is 5.13. The molecule has 1 aromatic heterocycles. The molecule has 1 aliphatic heterocycles. The normalized spacial score (nSPS) is 17.4. The van der Waals surface area contributed by atoms with Gasteiger partial charge >= 0.3 is 0 Å². The molecule has 0 aliphatic carbocycles. The van der Waals surface area contributed by atoms with Gasteiger partial charge in [-0.15, -0.1) is 0 Å². The molecular weight excluding hydrogens is 501 g/mol. The first kappa shape index (κ1) is 26.0. The number of sulfone groups is 1. The number of hydrogen-bond donors (Lipinski definition) is 0. The summed E-state index contributed by atoms with van der Waals surface area (Å²) in [7, 11) is -3.63. The summed E-state index contributed by atoms with van der Waals surface area (Å²) in [6.45, 7) is 6.12. The minimum Gasteiger partial charge on any atom is -0.333 e. The first-order valence-electron chi connectivity index (χ1n) is 12.7. The number of aromatic nitrogens is 1. The highest BCUT2D eigenvalue weighted by Crippen LogP contribution is 2.26. The topological polar surface area (TPSA) is 70.6 Å². The number of pyridine rings is 1. The standard InChI is InChI=1S/C30H30FN3O3S/c1-21-19-33(22(2)24-12-14-27(31)15-13-24)17-18-34(21)30(35)26-10-8-23(9-11-26)20-38(36,37)28-7-3-5-25-6-4-16-32-29(25)28/h3-16,21-22H,17-20H2,1-2H3/t21-,22?/m0/s1. The van der Waals surface area contributed by atoms with E-state index in [0.29, 0.717) is 36.3 Å². The third-order valence-corrected chi connectivity index (χ3v) is 9.02. The third-order valence-electron chi connectivity index (χ3n) is 7.31. The zero-order valence-corrected chi connectivity index (χ0v) is 22.2. The van der Waals surface area contributed by atoms with Crippen molar-refractivity contribution in [3.63, 3.8) is 0 Å². The predicted octanol–water partition coefficient (Wildman–Crippen LogP) is 5.26. The zero-order valence-electron chi connectivity index (χ0n) is 21.4. The molecule has 0 bridgehead atoms.